The second kappa shape index (κ2) is 4.31. The highest BCUT2D eigenvalue weighted by atomic mass is 16.4. The molecule has 1 rings (SSSR count). The van der Waals surface area contributed by atoms with E-state index in [9.17, 15) is 9.59 Å². The van der Waals surface area contributed by atoms with Crippen LogP contribution in [-0.2, 0) is 22.4 Å². The van der Waals surface area contributed by atoms with E-state index in [1.807, 2.05) is 0 Å². The lowest BCUT2D eigenvalue weighted by atomic mass is 10.2. The van der Waals surface area contributed by atoms with Gasteiger partial charge in [-0.25, -0.2) is 0 Å². The van der Waals surface area contributed by atoms with Gasteiger partial charge in [0.05, 0.1) is 24.2 Å². The lowest BCUT2D eigenvalue weighted by Gasteiger charge is -1.97. The third-order valence-electron chi connectivity index (χ3n) is 1.44. The fourth-order valence-corrected chi connectivity index (χ4v) is 0.886. The number of carbonyl (C=O) groups is 2. The van der Waals surface area contributed by atoms with E-state index in [2.05, 4.69) is 10.2 Å². The summed E-state index contributed by atoms with van der Waals surface area (Å²) >= 11 is 0. The molecule has 0 bridgehead atoms. The van der Waals surface area contributed by atoms with Crippen LogP contribution in [0.2, 0.25) is 0 Å². The molecule has 74 valence electrons. The van der Waals surface area contributed by atoms with E-state index in [1.165, 1.54) is 12.1 Å². The molecule has 1 aromatic rings. The predicted octanol–water partition coefficient (Wildman–Crippen LogP) is -0.269. The molecular weight excluding hydrogens is 188 g/mol. The number of carboxylic acid groups (broad SMARTS) is 2. The van der Waals surface area contributed by atoms with Crippen molar-refractivity contribution < 1.29 is 19.8 Å². The zero-order chi connectivity index (χ0) is 10.6. The van der Waals surface area contributed by atoms with Gasteiger partial charge in [0.2, 0.25) is 0 Å². The molecular formula is C8H8N2O4. The summed E-state index contributed by atoms with van der Waals surface area (Å²) in [6, 6.07) is 2.92. The maximum atomic E-state index is 10.3. The number of hydrogen-bond donors (Lipinski definition) is 2. The first-order chi connectivity index (χ1) is 6.58. The maximum Gasteiger partial charge on any atom is 0.309 e. The molecule has 6 nitrogen and oxygen atoms in total. The van der Waals surface area contributed by atoms with E-state index in [1.54, 1.807) is 0 Å². The molecule has 6 heteroatoms. The quantitative estimate of drug-likeness (QED) is 0.687. The molecule has 0 aliphatic heterocycles. The van der Waals surface area contributed by atoms with E-state index in [-0.39, 0.29) is 12.8 Å². The van der Waals surface area contributed by atoms with Crippen molar-refractivity contribution in [3.8, 4) is 0 Å². The lowest BCUT2D eigenvalue weighted by Crippen LogP contribution is -2.07. The molecule has 1 aromatic heterocycles. The second-order valence-corrected chi connectivity index (χ2v) is 2.66. The van der Waals surface area contributed by atoms with Crippen molar-refractivity contribution in [2.45, 2.75) is 12.8 Å². The van der Waals surface area contributed by atoms with Gasteiger partial charge >= 0.3 is 11.9 Å². The molecule has 0 aliphatic rings. The zero-order valence-corrected chi connectivity index (χ0v) is 7.17. The van der Waals surface area contributed by atoms with Crippen LogP contribution in [-0.4, -0.2) is 32.3 Å². The SMILES string of the molecule is O=C(O)Cc1ccc(CC(=O)O)nn1. The summed E-state index contributed by atoms with van der Waals surface area (Å²) in [5.74, 6) is -1.99. The van der Waals surface area contributed by atoms with Crippen molar-refractivity contribution in [1.82, 2.24) is 10.2 Å². The minimum Gasteiger partial charge on any atom is -0.481 e. The molecule has 0 fully saturated rings. The molecule has 0 spiro atoms. The lowest BCUT2D eigenvalue weighted by molar-refractivity contribution is -0.137. The van der Waals surface area contributed by atoms with Gasteiger partial charge in [-0.3, -0.25) is 9.59 Å². The van der Waals surface area contributed by atoms with E-state index >= 15 is 0 Å². The normalized spacial score (nSPS) is 9.71. The number of aromatic nitrogens is 2. The van der Waals surface area contributed by atoms with Gasteiger partial charge in [-0.05, 0) is 12.1 Å². The Morgan fingerprint density at radius 3 is 1.57 bits per heavy atom. The van der Waals surface area contributed by atoms with Gasteiger partial charge < -0.3 is 10.2 Å². The maximum absolute atomic E-state index is 10.3. The van der Waals surface area contributed by atoms with Crippen molar-refractivity contribution in [2.75, 3.05) is 0 Å². The van der Waals surface area contributed by atoms with Gasteiger partial charge in [-0.1, -0.05) is 0 Å². The molecule has 0 aromatic carbocycles. The third kappa shape index (κ3) is 3.18. The second-order valence-electron chi connectivity index (χ2n) is 2.66. The molecule has 0 radical (unpaired) electrons. The Kier molecular flexibility index (Phi) is 3.11. The van der Waals surface area contributed by atoms with E-state index in [0.29, 0.717) is 11.4 Å². The Hall–Kier alpha value is -1.98. The Morgan fingerprint density at radius 2 is 1.36 bits per heavy atom. The fourth-order valence-electron chi connectivity index (χ4n) is 0.886. The molecule has 1 heterocycles. The minimum atomic E-state index is -0.995. The Morgan fingerprint density at radius 1 is 1.00 bits per heavy atom. The summed E-state index contributed by atoms with van der Waals surface area (Å²) in [6.45, 7) is 0. The summed E-state index contributed by atoms with van der Waals surface area (Å²) in [5, 5.41) is 24.0. The fraction of sp³-hybridized carbons (Fsp3) is 0.250. The van der Waals surface area contributed by atoms with Gasteiger partial charge in [0.25, 0.3) is 0 Å². The minimum absolute atomic E-state index is 0.208. The van der Waals surface area contributed by atoms with Crippen LogP contribution in [0.25, 0.3) is 0 Å². The number of rotatable bonds is 4. The van der Waals surface area contributed by atoms with Crippen LogP contribution < -0.4 is 0 Å². The molecule has 0 saturated heterocycles. The predicted molar refractivity (Wildman–Crippen MR) is 44.7 cm³/mol. The number of hydrogen-bond acceptors (Lipinski definition) is 4. The summed E-state index contributed by atoms with van der Waals surface area (Å²) < 4.78 is 0. The standard InChI is InChI=1S/C8H8N2O4/c11-7(12)3-5-1-2-6(10-9-5)4-8(13)14/h1-2H,3-4H2,(H,11,12)(H,13,14). The van der Waals surface area contributed by atoms with Crippen LogP contribution in [0.3, 0.4) is 0 Å². The highest BCUT2D eigenvalue weighted by Crippen LogP contribution is 1.98. The first-order valence-corrected chi connectivity index (χ1v) is 3.83. The molecule has 0 unspecified atom stereocenters. The number of nitrogens with zero attached hydrogens (tertiary/aromatic N) is 2. The van der Waals surface area contributed by atoms with Crippen LogP contribution in [0.1, 0.15) is 11.4 Å². The Bertz CT molecular complexity index is 312. The van der Waals surface area contributed by atoms with Crippen LogP contribution in [0.4, 0.5) is 0 Å². The van der Waals surface area contributed by atoms with Crippen LogP contribution in [0.15, 0.2) is 12.1 Å². The Labute approximate surface area is 79.2 Å². The van der Waals surface area contributed by atoms with Crippen molar-refractivity contribution in [3.05, 3.63) is 23.5 Å². The van der Waals surface area contributed by atoms with Gasteiger partial charge in [0.1, 0.15) is 0 Å². The summed E-state index contributed by atoms with van der Waals surface area (Å²) in [5.41, 5.74) is 0.623. The first kappa shape index (κ1) is 10.1. The average Bonchev–Trinajstić information content (AvgIpc) is 2.06. The smallest absolute Gasteiger partial charge is 0.309 e. The highest BCUT2D eigenvalue weighted by Gasteiger charge is 2.05. The third-order valence-corrected chi connectivity index (χ3v) is 1.44. The monoisotopic (exact) mass is 196 g/mol. The molecule has 0 amide bonds. The molecule has 0 atom stereocenters. The van der Waals surface area contributed by atoms with Gasteiger partial charge in [0.15, 0.2) is 0 Å². The van der Waals surface area contributed by atoms with E-state index in [4.69, 9.17) is 10.2 Å². The van der Waals surface area contributed by atoms with Crippen LogP contribution in [0, 0.1) is 0 Å². The number of carboxylic acids is 2. The average molecular weight is 196 g/mol. The van der Waals surface area contributed by atoms with Crippen LogP contribution in [0.5, 0.6) is 0 Å². The van der Waals surface area contributed by atoms with Crippen molar-refractivity contribution in [1.29, 1.82) is 0 Å². The van der Waals surface area contributed by atoms with Gasteiger partial charge in [0, 0.05) is 0 Å². The topological polar surface area (TPSA) is 100 Å². The first-order valence-electron chi connectivity index (χ1n) is 3.83. The van der Waals surface area contributed by atoms with Crippen molar-refractivity contribution in [3.63, 3.8) is 0 Å². The van der Waals surface area contributed by atoms with Gasteiger partial charge in [-0.2, -0.15) is 10.2 Å². The van der Waals surface area contributed by atoms with Crippen molar-refractivity contribution in [2.24, 2.45) is 0 Å². The highest BCUT2D eigenvalue weighted by molar-refractivity contribution is 5.70. The molecule has 14 heavy (non-hydrogen) atoms. The molecule has 0 aliphatic carbocycles. The van der Waals surface area contributed by atoms with E-state index < -0.39 is 11.9 Å². The largest absolute Gasteiger partial charge is 0.481 e. The Balaban J connectivity index is 2.68. The molecule has 0 saturated carbocycles. The summed E-state index contributed by atoms with van der Waals surface area (Å²) in [6.07, 6.45) is -0.416. The van der Waals surface area contributed by atoms with Crippen LogP contribution >= 0.6 is 0 Å². The summed E-state index contributed by atoms with van der Waals surface area (Å²) in [7, 11) is 0. The molecule has 2 N–H and O–H groups in total. The zero-order valence-electron chi connectivity index (χ0n) is 7.17. The number of aliphatic carboxylic acids is 2. The van der Waals surface area contributed by atoms with Crippen molar-refractivity contribution >= 4 is 11.9 Å². The van der Waals surface area contributed by atoms with Gasteiger partial charge in [-0.15, -0.1) is 0 Å². The summed E-state index contributed by atoms with van der Waals surface area (Å²) in [4.78, 5) is 20.5. The van der Waals surface area contributed by atoms with E-state index in [0.717, 1.165) is 0 Å².